The first-order chi connectivity index (χ1) is 29.2. The fourth-order valence-electron chi connectivity index (χ4n) is 6.88. The van der Waals surface area contributed by atoms with Crippen LogP contribution in [0.3, 0.4) is 0 Å². The van der Waals surface area contributed by atoms with Crippen molar-refractivity contribution in [2.45, 2.75) is 24.6 Å². The number of nitrogens with one attached hydrogen (secondary N) is 2. The number of anilines is 2. The van der Waals surface area contributed by atoms with E-state index in [1.807, 2.05) is 0 Å². The molecule has 2 atom stereocenters. The summed E-state index contributed by atoms with van der Waals surface area (Å²) in [6.45, 7) is -0.796. The number of H-pyrrole nitrogens is 2. The number of halogens is 6. The lowest BCUT2D eigenvalue weighted by Gasteiger charge is -2.15. The molecule has 0 aliphatic carbocycles. The number of amides is 2. The van der Waals surface area contributed by atoms with E-state index in [0.29, 0.717) is 16.5 Å². The van der Waals surface area contributed by atoms with Crippen molar-refractivity contribution in [3.8, 4) is 22.5 Å². The van der Waals surface area contributed by atoms with Crippen LogP contribution in [0.25, 0.3) is 44.1 Å². The zero-order valence-corrected chi connectivity index (χ0v) is 32.3. The zero-order chi connectivity index (χ0) is 44.7. The largest absolute Gasteiger partial charge is 0.469 e. The molecule has 4 heterocycles. The van der Waals surface area contributed by atoms with Gasteiger partial charge in [0.1, 0.15) is 12.2 Å². The van der Waals surface area contributed by atoms with Crippen LogP contribution in [0.1, 0.15) is 11.1 Å². The average molecular weight is 889 g/mol. The summed E-state index contributed by atoms with van der Waals surface area (Å²) >= 11 is 0. The Labute approximate surface area is 343 Å². The van der Waals surface area contributed by atoms with E-state index in [-0.39, 0.29) is 58.7 Å². The van der Waals surface area contributed by atoms with Crippen LogP contribution in [-0.4, -0.2) is 75.6 Å². The Hall–Kier alpha value is -6.51. The van der Waals surface area contributed by atoms with Gasteiger partial charge in [0.2, 0.25) is 0 Å². The van der Waals surface area contributed by atoms with Crippen LogP contribution in [0, 0.1) is 0 Å². The summed E-state index contributed by atoms with van der Waals surface area (Å²) in [6, 6.07) is 21.7. The number of phosphoric ester groups is 1. The third-order valence-electron chi connectivity index (χ3n) is 9.71. The molecule has 0 saturated carbocycles. The maximum atomic E-state index is 13.4. The van der Waals surface area contributed by atoms with Gasteiger partial charge >= 0.3 is 32.4 Å². The predicted molar refractivity (Wildman–Crippen MR) is 210 cm³/mol. The van der Waals surface area contributed by atoms with Gasteiger partial charge in [-0.05, 0) is 59.3 Å². The Morgan fingerprint density at radius 1 is 0.645 bits per heavy atom. The van der Waals surface area contributed by atoms with Crippen molar-refractivity contribution in [1.29, 1.82) is 0 Å². The highest BCUT2D eigenvalue weighted by Gasteiger charge is 2.37. The number of benzene rings is 4. The van der Waals surface area contributed by atoms with Crippen LogP contribution in [0.4, 0.5) is 47.3 Å². The van der Waals surface area contributed by atoms with Crippen LogP contribution in [0.5, 0.6) is 0 Å². The minimum absolute atomic E-state index is 0.0107. The molecule has 2 aliphatic heterocycles. The van der Waals surface area contributed by atoms with Gasteiger partial charge in [-0.2, -0.15) is 26.3 Å². The topological polar surface area (TPSA) is 212 Å². The molecule has 6 aromatic rings. The molecule has 62 heavy (non-hydrogen) atoms. The quantitative estimate of drug-likeness (QED) is 0.0763. The highest BCUT2D eigenvalue weighted by molar-refractivity contribution is 7.46. The molecule has 22 heteroatoms. The summed E-state index contributed by atoms with van der Waals surface area (Å²) in [7, 11) is -4.74. The van der Waals surface area contributed by atoms with Crippen molar-refractivity contribution < 1.29 is 69.4 Å². The van der Waals surface area contributed by atoms with Crippen molar-refractivity contribution in [3.63, 3.8) is 0 Å². The van der Waals surface area contributed by atoms with E-state index in [1.54, 1.807) is 12.1 Å². The molecule has 15 nitrogen and oxygen atoms in total. The average Bonchev–Trinajstić information content (AvgIpc) is 3.80. The molecule has 324 valence electrons. The summed E-state index contributed by atoms with van der Waals surface area (Å²) in [5.74, 6) is 0. The fourth-order valence-corrected chi connectivity index (χ4v) is 7.24. The van der Waals surface area contributed by atoms with E-state index < -0.39 is 73.4 Å². The van der Waals surface area contributed by atoms with Crippen LogP contribution in [-0.2, 0) is 30.9 Å². The number of phosphoric acid groups is 1. The summed E-state index contributed by atoms with van der Waals surface area (Å²) in [4.78, 5) is 74.3. The number of hydrogen-bond donors (Lipinski definition) is 5. The molecule has 0 bridgehead atoms. The number of hydrogen-bond acceptors (Lipinski definition) is 9. The normalized spacial score (nSPS) is 17.0. The maximum absolute atomic E-state index is 13.4. The number of fused-ring (bicyclic) bond motifs is 2. The van der Waals surface area contributed by atoms with Crippen LogP contribution in [0.15, 0.2) is 107 Å². The molecular weight excluding hydrogens is 857 g/mol. The van der Waals surface area contributed by atoms with Gasteiger partial charge in [0.05, 0.1) is 37.4 Å². The number of cyclic esters (lactones) is 2. The standard InChI is InChI=1S/C20H16F3N2O7P.C20H15F3N2O4/c21-20(22,23)16-4-2-1-3-14(16)17-7-11-5-6-12(8-15(11)18(26)24-17)25-9-13(32-19(25)27)10-31-33(28,29)30;21-20(22,23)16-4-2-1-3-14(16)17-7-11-5-6-12(8-15(11)18(27)24-17)25-9-13(10-26)29-19(25)28/h1-8,13H,9-10H2,(H,24,26)(H2,28,29,30);1-8,13,26H,9-10H2,(H,24,27)/t2*13-/m11/s1. The van der Waals surface area contributed by atoms with Crippen LogP contribution >= 0.6 is 7.82 Å². The minimum atomic E-state index is -4.74. The molecule has 2 aromatic heterocycles. The van der Waals surface area contributed by atoms with Gasteiger partial charge in [-0.1, -0.05) is 48.5 Å². The lowest BCUT2D eigenvalue weighted by molar-refractivity contribution is -0.137. The van der Waals surface area contributed by atoms with Gasteiger partial charge in [0.25, 0.3) is 11.1 Å². The van der Waals surface area contributed by atoms with Crippen molar-refractivity contribution in [3.05, 3.63) is 129 Å². The number of aliphatic hydroxyl groups excluding tert-OH is 1. The summed E-state index contributed by atoms with van der Waals surface area (Å²) < 4.78 is 105. The molecular formula is C40H31F6N4O11P. The minimum Gasteiger partial charge on any atom is -0.441 e. The first kappa shape index (κ1) is 43.6. The first-order valence-electron chi connectivity index (χ1n) is 18.1. The molecule has 2 saturated heterocycles. The molecule has 2 aliphatic rings. The zero-order valence-electron chi connectivity index (χ0n) is 31.4. The molecule has 5 N–H and O–H groups in total. The van der Waals surface area contributed by atoms with Gasteiger partial charge in [-0.15, -0.1) is 0 Å². The Balaban J connectivity index is 0.000000188. The number of alkyl halides is 6. The number of aromatic nitrogens is 2. The molecule has 0 spiro atoms. The van der Waals surface area contributed by atoms with Crippen molar-refractivity contribution >= 4 is 52.9 Å². The summed E-state index contributed by atoms with van der Waals surface area (Å²) in [5, 5.41) is 10.3. The second-order valence-corrected chi connectivity index (χ2v) is 15.1. The number of aromatic amines is 2. The van der Waals surface area contributed by atoms with Crippen LogP contribution < -0.4 is 20.9 Å². The van der Waals surface area contributed by atoms with E-state index in [0.717, 1.165) is 17.0 Å². The molecule has 4 aromatic carbocycles. The third kappa shape index (κ3) is 9.36. The number of rotatable bonds is 8. The van der Waals surface area contributed by atoms with E-state index in [9.17, 15) is 50.1 Å². The van der Waals surface area contributed by atoms with Gasteiger partial charge in [-0.25, -0.2) is 14.2 Å². The van der Waals surface area contributed by atoms with Gasteiger partial charge < -0.3 is 34.3 Å². The van der Waals surface area contributed by atoms with Crippen molar-refractivity contribution in [2.24, 2.45) is 0 Å². The van der Waals surface area contributed by atoms with E-state index in [4.69, 9.17) is 24.4 Å². The van der Waals surface area contributed by atoms with Crippen molar-refractivity contribution in [1.82, 2.24) is 9.97 Å². The Kier molecular flexibility index (Phi) is 11.8. The monoisotopic (exact) mass is 888 g/mol. The second-order valence-electron chi connectivity index (χ2n) is 13.9. The van der Waals surface area contributed by atoms with Gasteiger partial charge in [-0.3, -0.25) is 23.9 Å². The lowest BCUT2D eigenvalue weighted by Crippen LogP contribution is -2.26. The summed E-state index contributed by atoms with van der Waals surface area (Å²) in [6.07, 6.45) is -12.2. The molecule has 0 radical (unpaired) electrons. The van der Waals surface area contributed by atoms with E-state index in [1.165, 1.54) is 77.7 Å². The molecule has 2 amide bonds. The Morgan fingerprint density at radius 3 is 1.47 bits per heavy atom. The fraction of sp³-hybridized carbons (Fsp3) is 0.200. The molecule has 8 rings (SSSR count). The first-order valence-corrected chi connectivity index (χ1v) is 19.7. The number of carbonyl (C=O) groups is 2. The Morgan fingerprint density at radius 2 is 1.06 bits per heavy atom. The maximum Gasteiger partial charge on any atom is 0.469 e. The van der Waals surface area contributed by atoms with E-state index >= 15 is 0 Å². The third-order valence-corrected chi connectivity index (χ3v) is 10.2. The number of pyridine rings is 2. The van der Waals surface area contributed by atoms with E-state index in [2.05, 4.69) is 14.5 Å². The van der Waals surface area contributed by atoms with Gasteiger partial charge in [0, 0.05) is 44.7 Å². The number of nitrogens with zero attached hydrogens (tertiary/aromatic N) is 2. The van der Waals surface area contributed by atoms with Gasteiger partial charge in [0.15, 0.2) is 0 Å². The highest BCUT2D eigenvalue weighted by Crippen LogP contribution is 2.39. The summed E-state index contributed by atoms with van der Waals surface area (Å²) in [5.41, 5.74) is -2.58. The number of carbonyl (C=O) groups excluding carboxylic acids is 2. The predicted octanol–water partition coefficient (Wildman–Crippen LogP) is 7.18. The Bertz CT molecular complexity index is 2880. The highest BCUT2D eigenvalue weighted by atomic mass is 31.2. The SMILES string of the molecule is O=C1O[C@@H](CO)CN1c1ccc2cc(-c3ccccc3C(F)(F)F)[nH]c(=O)c2c1.O=C1O[C@@H](COP(=O)(O)O)CN1c1ccc2cc(-c3ccccc3C(F)(F)F)[nH]c(=O)c2c1. The van der Waals surface area contributed by atoms with Crippen LogP contribution in [0.2, 0.25) is 0 Å². The number of ether oxygens (including phenoxy) is 2. The second kappa shape index (κ2) is 16.7. The smallest absolute Gasteiger partial charge is 0.441 e. The molecule has 0 unspecified atom stereocenters. The lowest BCUT2D eigenvalue weighted by atomic mass is 10.0. The molecule has 2 fully saturated rings. The number of aliphatic hydroxyl groups is 1. The van der Waals surface area contributed by atoms with Crippen molar-refractivity contribution in [2.75, 3.05) is 36.1 Å².